The van der Waals surface area contributed by atoms with Gasteiger partial charge < -0.3 is 25.1 Å². The molecule has 2 aromatic carbocycles. The summed E-state index contributed by atoms with van der Waals surface area (Å²) >= 11 is 0. The number of hydrogen-bond donors (Lipinski definition) is 3. The second kappa shape index (κ2) is 12.7. The molecule has 0 saturated heterocycles. The zero-order valence-electron chi connectivity index (χ0n) is 18.3. The van der Waals surface area contributed by atoms with E-state index in [4.69, 9.17) is 9.15 Å². The molecule has 0 unspecified atom stereocenters. The molecule has 3 N–H and O–H groups in total. The molecule has 0 radical (unpaired) electrons. The quantitative estimate of drug-likeness (QED) is 0.173. The van der Waals surface area contributed by atoms with Crippen LogP contribution in [0.5, 0.6) is 5.75 Å². The number of oxazole rings is 1. The fourth-order valence-corrected chi connectivity index (χ4v) is 2.84. The normalized spacial score (nSPS) is 10.8. The number of nitrogens with zero attached hydrogens (tertiary/aromatic N) is 2. The third kappa shape index (κ3) is 7.26. The first-order valence-corrected chi connectivity index (χ1v) is 9.97. The molecule has 0 fully saturated rings. The Morgan fingerprint density at radius 3 is 2.56 bits per heavy atom. The van der Waals surface area contributed by atoms with Gasteiger partial charge in [0.2, 0.25) is 5.89 Å². The average Bonchev–Trinajstić information content (AvgIpc) is 3.28. The van der Waals surface area contributed by atoms with Crippen LogP contribution in [0.15, 0.2) is 64.2 Å². The molecule has 0 spiro atoms. The first kappa shape index (κ1) is 25.2. The van der Waals surface area contributed by atoms with Crippen molar-refractivity contribution in [3.63, 3.8) is 0 Å². The van der Waals surface area contributed by atoms with Crippen LogP contribution >= 0.6 is 24.0 Å². The molecule has 0 bridgehead atoms. The van der Waals surface area contributed by atoms with E-state index >= 15 is 0 Å². The van der Waals surface area contributed by atoms with Gasteiger partial charge >= 0.3 is 0 Å². The van der Waals surface area contributed by atoms with Gasteiger partial charge in [0.25, 0.3) is 5.91 Å². The van der Waals surface area contributed by atoms with Crippen molar-refractivity contribution >= 4 is 35.8 Å². The van der Waals surface area contributed by atoms with Crippen LogP contribution in [-0.2, 0) is 6.54 Å². The number of hydrogen-bond acceptors (Lipinski definition) is 5. The third-order valence-electron chi connectivity index (χ3n) is 4.55. The number of amides is 1. The van der Waals surface area contributed by atoms with Crippen LogP contribution in [0.4, 0.5) is 0 Å². The molecular formula is C23H28IN5O3. The highest BCUT2D eigenvalue weighted by Gasteiger charge is 2.08. The number of aryl methyl sites for hydroxylation is 1. The summed E-state index contributed by atoms with van der Waals surface area (Å²) in [4.78, 5) is 20.9. The number of methoxy groups -OCH3 is 1. The highest BCUT2D eigenvalue weighted by molar-refractivity contribution is 14.0. The minimum absolute atomic E-state index is 0. The smallest absolute Gasteiger partial charge is 0.251 e. The van der Waals surface area contributed by atoms with Gasteiger partial charge in [-0.05, 0) is 37.3 Å². The molecule has 3 aromatic rings. The maximum absolute atomic E-state index is 12.2. The minimum Gasteiger partial charge on any atom is -0.497 e. The molecule has 9 heteroatoms. The van der Waals surface area contributed by atoms with Crippen molar-refractivity contribution in [1.82, 2.24) is 20.9 Å². The maximum Gasteiger partial charge on any atom is 0.251 e. The van der Waals surface area contributed by atoms with E-state index in [1.54, 1.807) is 44.7 Å². The van der Waals surface area contributed by atoms with E-state index < -0.39 is 0 Å². The van der Waals surface area contributed by atoms with Crippen molar-refractivity contribution in [2.45, 2.75) is 13.5 Å². The van der Waals surface area contributed by atoms with Crippen molar-refractivity contribution in [3.05, 3.63) is 71.6 Å². The molecule has 170 valence electrons. The van der Waals surface area contributed by atoms with Crippen LogP contribution in [-0.4, -0.2) is 44.1 Å². The lowest BCUT2D eigenvalue weighted by molar-refractivity contribution is 0.0954. The lowest BCUT2D eigenvalue weighted by Gasteiger charge is -2.11. The first-order valence-electron chi connectivity index (χ1n) is 9.97. The average molecular weight is 549 g/mol. The summed E-state index contributed by atoms with van der Waals surface area (Å²) in [5.74, 6) is 1.68. The van der Waals surface area contributed by atoms with Crippen molar-refractivity contribution in [2.75, 3.05) is 27.2 Å². The fourth-order valence-electron chi connectivity index (χ4n) is 2.84. The van der Waals surface area contributed by atoms with E-state index in [2.05, 4.69) is 25.9 Å². The zero-order valence-corrected chi connectivity index (χ0v) is 20.7. The van der Waals surface area contributed by atoms with E-state index in [0.717, 1.165) is 11.3 Å². The van der Waals surface area contributed by atoms with Gasteiger partial charge in [-0.1, -0.05) is 23.8 Å². The number of rotatable bonds is 8. The first-order chi connectivity index (χ1) is 15.1. The Kier molecular flexibility index (Phi) is 9.99. The predicted molar refractivity (Wildman–Crippen MR) is 136 cm³/mol. The van der Waals surface area contributed by atoms with Gasteiger partial charge in [-0.15, -0.1) is 24.0 Å². The molecule has 3 rings (SSSR count). The van der Waals surface area contributed by atoms with E-state index in [1.165, 1.54) is 5.56 Å². The number of aromatic nitrogens is 1. The fraction of sp³-hybridized carbons (Fsp3) is 0.261. The Hall–Kier alpha value is -3.08. The largest absolute Gasteiger partial charge is 0.497 e. The molecule has 1 aromatic heterocycles. The summed E-state index contributed by atoms with van der Waals surface area (Å²) in [6.45, 7) is 3.46. The lowest BCUT2D eigenvalue weighted by Crippen LogP contribution is -2.41. The van der Waals surface area contributed by atoms with Crippen LogP contribution in [0.25, 0.3) is 11.5 Å². The number of carbonyl (C=O) groups is 1. The molecular weight excluding hydrogens is 521 g/mol. The number of benzene rings is 2. The van der Waals surface area contributed by atoms with Gasteiger partial charge in [0, 0.05) is 31.3 Å². The highest BCUT2D eigenvalue weighted by Crippen LogP contribution is 2.19. The highest BCUT2D eigenvalue weighted by atomic mass is 127. The standard InChI is InChI=1S/C23H27N5O3.HI/c1-16-7-9-17(10-8-16)22-28-19(15-31-22)14-27-23(24-2)26-12-11-25-21(29)18-5-4-6-20(13-18)30-3;/h4-10,13,15H,11-12,14H2,1-3H3,(H,25,29)(H2,24,26,27);1H. The zero-order chi connectivity index (χ0) is 22.1. The molecule has 32 heavy (non-hydrogen) atoms. The number of carbonyl (C=O) groups excluding carboxylic acids is 1. The summed E-state index contributed by atoms with van der Waals surface area (Å²) in [7, 11) is 3.26. The molecule has 0 aliphatic rings. The lowest BCUT2D eigenvalue weighted by atomic mass is 10.1. The van der Waals surface area contributed by atoms with Crippen molar-refractivity contribution in [2.24, 2.45) is 4.99 Å². The number of halogens is 1. The van der Waals surface area contributed by atoms with E-state index in [1.807, 2.05) is 31.2 Å². The van der Waals surface area contributed by atoms with Crippen LogP contribution in [0, 0.1) is 6.92 Å². The second-order valence-corrected chi connectivity index (χ2v) is 6.85. The minimum atomic E-state index is -0.158. The number of ether oxygens (including phenoxy) is 1. The summed E-state index contributed by atoms with van der Waals surface area (Å²) in [5.41, 5.74) is 3.44. The topological polar surface area (TPSA) is 101 Å². The van der Waals surface area contributed by atoms with Crippen LogP contribution in [0.3, 0.4) is 0 Å². The number of aliphatic imine (C=N–C) groups is 1. The van der Waals surface area contributed by atoms with Crippen LogP contribution in [0.1, 0.15) is 21.6 Å². The second-order valence-electron chi connectivity index (χ2n) is 6.85. The van der Waals surface area contributed by atoms with Gasteiger partial charge in [-0.25, -0.2) is 4.98 Å². The van der Waals surface area contributed by atoms with Crippen LogP contribution < -0.4 is 20.7 Å². The Labute approximate surface area is 204 Å². The Bertz CT molecular complexity index is 1030. The molecule has 8 nitrogen and oxygen atoms in total. The van der Waals surface area contributed by atoms with Gasteiger partial charge in [0.05, 0.1) is 19.3 Å². The molecule has 1 heterocycles. The molecule has 0 atom stereocenters. The van der Waals surface area contributed by atoms with E-state index in [9.17, 15) is 4.79 Å². The van der Waals surface area contributed by atoms with Crippen molar-refractivity contribution in [1.29, 1.82) is 0 Å². The monoisotopic (exact) mass is 549 g/mol. The van der Waals surface area contributed by atoms with Gasteiger partial charge in [-0.3, -0.25) is 9.79 Å². The molecule has 0 aliphatic heterocycles. The Morgan fingerprint density at radius 2 is 1.84 bits per heavy atom. The van der Waals surface area contributed by atoms with Gasteiger partial charge in [0.1, 0.15) is 12.0 Å². The third-order valence-corrected chi connectivity index (χ3v) is 4.55. The molecule has 0 saturated carbocycles. The van der Waals surface area contributed by atoms with Gasteiger partial charge in [-0.2, -0.15) is 0 Å². The predicted octanol–water partition coefficient (Wildman–Crippen LogP) is 3.37. The summed E-state index contributed by atoms with van der Waals surface area (Å²) in [6, 6.07) is 15.0. The van der Waals surface area contributed by atoms with Crippen molar-refractivity contribution < 1.29 is 13.9 Å². The van der Waals surface area contributed by atoms with Gasteiger partial charge in [0.15, 0.2) is 5.96 Å². The molecule has 0 aliphatic carbocycles. The van der Waals surface area contributed by atoms with Crippen molar-refractivity contribution in [3.8, 4) is 17.2 Å². The van der Waals surface area contributed by atoms with E-state index in [-0.39, 0.29) is 29.9 Å². The Balaban J connectivity index is 0.00000363. The SMILES string of the molecule is CN=C(NCCNC(=O)c1cccc(OC)c1)NCc1coc(-c2ccc(C)cc2)n1.I. The summed E-state index contributed by atoms with van der Waals surface area (Å²) < 4.78 is 10.7. The van der Waals surface area contributed by atoms with E-state index in [0.29, 0.717) is 42.8 Å². The molecule has 1 amide bonds. The van der Waals surface area contributed by atoms with Crippen LogP contribution in [0.2, 0.25) is 0 Å². The Morgan fingerprint density at radius 1 is 1.09 bits per heavy atom. The number of guanidine groups is 1. The summed E-state index contributed by atoms with van der Waals surface area (Å²) in [5, 5.41) is 9.20. The number of nitrogens with one attached hydrogen (secondary N) is 3. The summed E-state index contributed by atoms with van der Waals surface area (Å²) in [6.07, 6.45) is 1.63. The maximum atomic E-state index is 12.2.